The van der Waals surface area contributed by atoms with Crippen LogP contribution < -0.4 is 37.1 Å². The van der Waals surface area contributed by atoms with Crippen molar-refractivity contribution < 1.29 is 67.0 Å². The van der Waals surface area contributed by atoms with E-state index in [0.717, 1.165) is 0 Å². The van der Waals surface area contributed by atoms with Crippen LogP contribution in [0.3, 0.4) is 0 Å². The van der Waals surface area contributed by atoms with Crippen molar-refractivity contribution in [3.63, 3.8) is 0 Å². The van der Waals surface area contributed by atoms with E-state index in [1.165, 1.54) is 13.0 Å². The maximum absolute atomic E-state index is 13.0. The molecule has 0 aromatic heterocycles. The van der Waals surface area contributed by atoms with Gasteiger partial charge in [-0.3, -0.25) is 28.8 Å². The molecule has 0 fully saturated rings. The molecule has 8 N–H and O–H groups in total. The molecule has 4 amide bonds. The van der Waals surface area contributed by atoms with E-state index in [4.69, 9.17) is 38.9 Å². The number of fused-ring (bicyclic) bond motifs is 1. The number of anilines is 1. The standard InChI is InChI=1S/C39H60N6O14/c1-28(39(51)52)24-31(40)25-30-5-6-33-32(26-30)45-36(48)27-43-38(50)29(2)44-35(47)7-12-53-16-20-57-22-18-55-14-10-41-9-3-4-34(46)42-11-15-56-19-23-58-21-17-54-13-8-37(49)59-33/h5-6,26,28-29,31,41H,7-25,27,40H2,1-2H3,(H,42,46)(H,43,50)(H,44,47)(H,45,48)(H,51,52)/t28?,29?,31-/m1/s1. The largest absolute Gasteiger partial charge is 0.481 e. The summed E-state index contributed by atoms with van der Waals surface area (Å²) in [5, 5.41) is 22.6. The Morgan fingerprint density at radius 3 is 2.05 bits per heavy atom. The Bertz CT molecular complexity index is 1520. The molecule has 0 saturated heterocycles. The van der Waals surface area contributed by atoms with Crippen molar-refractivity contribution in [2.75, 3.05) is 111 Å². The lowest BCUT2D eigenvalue weighted by Crippen LogP contribution is -2.46. The van der Waals surface area contributed by atoms with E-state index in [2.05, 4.69) is 38.4 Å². The van der Waals surface area contributed by atoms with Crippen LogP contribution in [0.2, 0.25) is 0 Å². The Morgan fingerprint density at radius 1 is 0.814 bits per heavy atom. The van der Waals surface area contributed by atoms with E-state index in [0.29, 0.717) is 58.3 Å². The van der Waals surface area contributed by atoms with Crippen LogP contribution in [0.1, 0.15) is 38.7 Å². The van der Waals surface area contributed by atoms with Gasteiger partial charge in [0.1, 0.15) is 6.04 Å². The van der Waals surface area contributed by atoms with Gasteiger partial charge < -0.3 is 70.6 Å². The number of carbonyl (C=O) groups is 6. The maximum atomic E-state index is 13.0. The number of esters is 1. The zero-order valence-corrected chi connectivity index (χ0v) is 33.9. The molecule has 1 aromatic rings. The topological polar surface area (TPSA) is 273 Å². The molecule has 1 aromatic carbocycles. The highest BCUT2D eigenvalue weighted by molar-refractivity contribution is 5.97. The molecule has 0 aliphatic carbocycles. The lowest BCUT2D eigenvalue weighted by molar-refractivity contribution is -0.141. The molecule has 1 heterocycles. The van der Waals surface area contributed by atoms with Crippen LogP contribution in [0.15, 0.2) is 18.2 Å². The smallest absolute Gasteiger partial charge is 0.313 e. The number of carboxylic acid groups (broad SMARTS) is 1. The van der Waals surface area contributed by atoms with Crippen LogP contribution in [0.5, 0.6) is 5.75 Å². The van der Waals surface area contributed by atoms with Gasteiger partial charge in [0, 0.05) is 25.6 Å². The van der Waals surface area contributed by atoms with E-state index in [9.17, 15) is 33.9 Å². The average Bonchev–Trinajstić information content (AvgIpc) is 3.19. The summed E-state index contributed by atoms with van der Waals surface area (Å²) in [5.41, 5.74) is 6.96. The summed E-state index contributed by atoms with van der Waals surface area (Å²) in [5.74, 6) is 0.878. The summed E-state index contributed by atoms with van der Waals surface area (Å²) in [6, 6.07) is 3.22. The molecule has 3 atom stereocenters. The third kappa shape index (κ3) is 25.4. The second-order valence-electron chi connectivity index (χ2n) is 13.2. The minimum absolute atomic E-state index is 0.00448. The van der Waals surface area contributed by atoms with Gasteiger partial charge in [0.05, 0.1) is 110 Å². The molecule has 20 heteroatoms. The van der Waals surface area contributed by atoms with Gasteiger partial charge in [0.15, 0.2) is 5.75 Å². The third-order valence-electron chi connectivity index (χ3n) is 8.09. The Morgan fingerprint density at radius 2 is 1.41 bits per heavy atom. The molecule has 0 spiro atoms. The van der Waals surface area contributed by atoms with Gasteiger partial charge in [0.2, 0.25) is 17.7 Å². The summed E-state index contributed by atoms with van der Waals surface area (Å²) in [7, 11) is 0. The number of nitrogens with one attached hydrogen (secondary N) is 5. The molecule has 0 bridgehead atoms. The van der Waals surface area contributed by atoms with E-state index < -0.39 is 60.1 Å². The SMILES string of the molecule is CC(C[C@@H](N)Cc1ccc2c(c1)NC(=O)CNC(=O)C(C)NC(=O)CCOCCOCCOCCNCC#CC(=O)NCCOCCOCCOCCC(=O)O2)C(=O)O. The molecular weight excluding hydrogens is 776 g/mol. The molecule has 2 rings (SSSR count). The van der Waals surface area contributed by atoms with Crippen molar-refractivity contribution in [1.29, 1.82) is 0 Å². The van der Waals surface area contributed by atoms with Gasteiger partial charge in [-0.25, -0.2) is 0 Å². The van der Waals surface area contributed by atoms with E-state index in [1.807, 2.05) is 0 Å². The normalized spacial score (nSPS) is 20.9. The Kier molecular flexibility index (Phi) is 26.7. The van der Waals surface area contributed by atoms with Crippen molar-refractivity contribution in [2.45, 2.75) is 51.6 Å². The molecule has 1 aliphatic heterocycles. The predicted octanol–water partition coefficient (Wildman–Crippen LogP) is -1.27. The molecule has 20 nitrogen and oxygen atoms in total. The quantitative estimate of drug-likeness (QED) is 0.104. The number of amides is 4. The highest BCUT2D eigenvalue weighted by atomic mass is 16.6. The van der Waals surface area contributed by atoms with Gasteiger partial charge >= 0.3 is 11.9 Å². The van der Waals surface area contributed by atoms with Gasteiger partial charge in [0.25, 0.3) is 5.91 Å². The molecular formula is C39H60N6O14. The summed E-state index contributed by atoms with van der Waals surface area (Å²) < 4.78 is 38.2. The van der Waals surface area contributed by atoms with Crippen LogP contribution in [-0.2, 0) is 63.6 Å². The number of ether oxygens (including phenoxy) is 7. The summed E-state index contributed by atoms with van der Waals surface area (Å²) in [6.07, 6.45) is 0.361. The average molecular weight is 837 g/mol. The van der Waals surface area contributed by atoms with Crippen molar-refractivity contribution in [3.8, 4) is 17.6 Å². The Labute approximate surface area is 344 Å². The lowest BCUT2D eigenvalue weighted by atomic mass is 9.96. The first-order valence-electron chi connectivity index (χ1n) is 19.6. The van der Waals surface area contributed by atoms with E-state index >= 15 is 0 Å². The van der Waals surface area contributed by atoms with Crippen LogP contribution in [0, 0.1) is 17.8 Å². The molecule has 0 radical (unpaired) electrons. The number of rotatable bonds is 5. The summed E-state index contributed by atoms with van der Waals surface area (Å²) in [4.78, 5) is 73.8. The van der Waals surface area contributed by atoms with Crippen LogP contribution >= 0.6 is 0 Å². The van der Waals surface area contributed by atoms with E-state index in [-0.39, 0.29) is 83.3 Å². The fraction of sp³-hybridized carbons (Fsp3) is 0.641. The maximum Gasteiger partial charge on any atom is 0.313 e. The zero-order valence-electron chi connectivity index (χ0n) is 33.9. The summed E-state index contributed by atoms with van der Waals surface area (Å²) >= 11 is 0. The van der Waals surface area contributed by atoms with E-state index in [1.54, 1.807) is 19.1 Å². The first kappa shape index (κ1) is 50.4. The molecule has 330 valence electrons. The number of hydrogen-bond acceptors (Lipinski definition) is 15. The predicted molar refractivity (Wildman–Crippen MR) is 212 cm³/mol. The van der Waals surface area contributed by atoms with Gasteiger partial charge in [-0.05, 0) is 43.4 Å². The van der Waals surface area contributed by atoms with Crippen LogP contribution in [-0.4, -0.2) is 158 Å². The fourth-order valence-electron chi connectivity index (χ4n) is 5.00. The molecule has 1 aliphatic rings. The second-order valence-corrected chi connectivity index (χ2v) is 13.2. The summed E-state index contributed by atoms with van der Waals surface area (Å²) in [6.45, 7) is 6.89. The fourth-order valence-corrected chi connectivity index (χ4v) is 5.00. The van der Waals surface area contributed by atoms with Gasteiger partial charge in [-0.1, -0.05) is 18.9 Å². The number of aliphatic carboxylic acids is 1. The van der Waals surface area contributed by atoms with Crippen molar-refractivity contribution in [3.05, 3.63) is 23.8 Å². The van der Waals surface area contributed by atoms with Gasteiger partial charge in [-0.2, -0.15) is 0 Å². The lowest BCUT2D eigenvalue weighted by Gasteiger charge is -2.17. The Balaban J connectivity index is 1.96. The van der Waals surface area contributed by atoms with Crippen LogP contribution in [0.4, 0.5) is 5.69 Å². The van der Waals surface area contributed by atoms with Crippen LogP contribution in [0.25, 0.3) is 0 Å². The van der Waals surface area contributed by atoms with Crippen molar-refractivity contribution >= 4 is 41.3 Å². The number of hydrogen-bond donors (Lipinski definition) is 7. The second kappa shape index (κ2) is 31.2. The van der Waals surface area contributed by atoms with Crippen molar-refractivity contribution in [1.82, 2.24) is 21.3 Å². The monoisotopic (exact) mass is 836 g/mol. The number of benzene rings is 1. The number of carbonyl (C=O) groups excluding carboxylic acids is 5. The first-order chi connectivity index (χ1) is 28.4. The highest BCUT2D eigenvalue weighted by Crippen LogP contribution is 2.27. The minimum Gasteiger partial charge on any atom is -0.481 e. The third-order valence-corrected chi connectivity index (χ3v) is 8.09. The molecule has 0 saturated carbocycles. The molecule has 2 unspecified atom stereocenters. The molecule has 59 heavy (non-hydrogen) atoms. The zero-order chi connectivity index (χ0) is 43.1. The number of nitrogens with two attached hydrogens (primary N) is 1. The minimum atomic E-state index is -0.971. The first-order valence-corrected chi connectivity index (χ1v) is 19.6. The Hall–Kier alpha value is -4.72. The highest BCUT2D eigenvalue weighted by Gasteiger charge is 2.20. The van der Waals surface area contributed by atoms with Crippen molar-refractivity contribution in [2.24, 2.45) is 11.7 Å². The number of carboxylic acids is 1. The van der Waals surface area contributed by atoms with Gasteiger partial charge in [-0.15, -0.1) is 0 Å².